The summed E-state index contributed by atoms with van der Waals surface area (Å²) in [7, 11) is -2.77. The summed E-state index contributed by atoms with van der Waals surface area (Å²) in [4.78, 5) is 0. The molecule has 1 N–H and O–H groups in total. The lowest BCUT2D eigenvalue weighted by atomic mass is 9.75. The maximum atomic E-state index is 11.6. The normalized spacial score (nSPS) is 32.2. The number of hydrogen-bond acceptors (Lipinski definition) is 3. The van der Waals surface area contributed by atoms with Gasteiger partial charge in [0.25, 0.3) is 0 Å². The van der Waals surface area contributed by atoms with E-state index in [9.17, 15) is 8.42 Å². The largest absolute Gasteiger partial charge is 0.312 e. The fourth-order valence-corrected chi connectivity index (χ4v) is 4.83. The number of hydrogen-bond donors (Lipinski definition) is 1. The van der Waals surface area contributed by atoms with Gasteiger partial charge in [0.15, 0.2) is 9.84 Å². The second-order valence-electron chi connectivity index (χ2n) is 6.21. The molecule has 2 aliphatic rings. The minimum absolute atomic E-state index is 0.201. The molecule has 1 atom stereocenters. The smallest absolute Gasteiger partial charge is 0.151 e. The Morgan fingerprint density at radius 3 is 2.53 bits per heavy atom. The summed E-state index contributed by atoms with van der Waals surface area (Å²) in [5, 5.41) is 3.51. The Bertz CT molecular complexity index is 344. The zero-order valence-corrected chi connectivity index (χ0v) is 11.7. The third-order valence-corrected chi connectivity index (χ3v) is 6.16. The third-order valence-electron chi connectivity index (χ3n) is 4.34. The molecule has 1 saturated carbocycles. The summed E-state index contributed by atoms with van der Waals surface area (Å²) >= 11 is 0. The topological polar surface area (TPSA) is 46.2 Å². The van der Waals surface area contributed by atoms with E-state index in [-0.39, 0.29) is 6.04 Å². The number of nitrogens with one attached hydrogen (secondary N) is 1. The molecule has 0 spiro atoms. The average Bonchev–Trinajstić information content (AvgIpc) is 2.26. The van der Waals surface area contributed by atoms with Crippen molar-refractivity contribution < 1.29 is 8.42 Å². The van der Waals surface area contributed by atoms with Crippen molar-refractivity contribution in [1.82, 2.24) is 5.32 Å². The maximum Gasteiger partial charge on any atom is 0.151 e. The SMILES string of the molecule is CC1(CNC2CCCS(=O)(=O)C2)CCCCC1. The maximum absolute atomic E-state index is 11.6. The van der Waals surface area contributed by atoms with E-state index in [1.54, 1.807) is 0 Å². The molecule has 0 radical (unpaired) electrons. The molecule has 0 aromatic carbocycles. The van der Waals surface area contributed by atoms with Gasteiger partial charge in [0, 0.05) is 12.6 Å². The zero-order valence-electron chi connectivity index (χ0n) is 10.9. The van der Waals surface area contributed by atoms with Crippen LogP contribution in [0, 0.1) is 5.41 Å². The molecule has 2 rings (SSSR count). The Morgan fingerprint density at radius 2 is 1.88 bits per heavy atom. The second kappa shape index (κ2) is 5.27. The third kappa shape index (κ3) is 3.95. The Labute approximate surface area is 105 Å². The van der Waals surface area contributed by atoms with Crippen LogP contribution in [0.4, 0.5) is 0 Å². The zero-order chi connectivity index (χ0) is 12.4. The molecule has 0 bridgehead atoms. The van der Waals surface area contributed by atoms with Crippen LogP contribution >= 0.6 is 0 Å². The van der Waals surface area contributed by atoms with Gasteiger partial charge in [0.2, 0.25) is 0 Å². The van der Waals surface area contributed by atoms with Crippen molar-refractivity contribution in [3.63, 3.8) is 0 Å². The first-order valence-corrected chi connectivity index (χ1v) is 8.75. The minimum Gasteiger partial charge on any atom is -0.312 e. The molecule has 0 amide bonds. The number of sulfone groups is 1. The molecule has 1 unspecified atom stereocenters. The highest BCUT2D eigenvalue weighted by Gasteiger charge is 2.29. The molecule has 4 heteroatoms. The van der Waals surface area contributed by atoms with E-state index in [0.29, 0.717) is 16.9 Å². The molecule has 1 aliphatic heterocycles. The summed E-state index contributed by atoms with van der Waals surface area (Å²) in [6.45, 7) is 3.34. The summed E-state index contributed by atoms with van der Waals surface area (Å²) in [5.74, 6) is 0.742. The predicted molar refractivity (Wildman–Crippen MR) is 70.9 cm³/mol. The molecule has 1 saturated heterocycles. The minimum atomic E-state index is -2.77. The van der Waals surface area contributed by atoms with E-state index in [2.05, 4.69) is 12.2 Å². The summed E-state index contributed by atoms with van der Waals surface area (Å²) in [6, 6.07) is 0.201. The van der Waals surface area contributed by atoms with Crippen molar-refractivity contribution in [3.05, 3.63) is 0 Å². The first-order chi connectivity index (χ1) is 7.99. The van der Waals surface area contributed by atoms with Crippen LogP contribution in [0.5, 0.6) is 0 Å². The van der Waals surface area contributed by atoms with Crippen LogP contribution in [0.2, 0.25) is 0 Å². The van der Waals surface area contributed by atoms with Crippen molar-refractivity contribution >= 4 is 9.84 Å². The molecule has 1 heterocycles. The van der Waals surface area contributed by atoms with Crippen molar-refractivity contribution in [1.29, 1.82) is 0 Å². The van der Waals surface area contributed by atoms with Gasteiger partial charge in [-0.1, -0.05) is 26.2 Å². The summed E-state index contributed by atoms with van der Waals surface area (Å²) in [6.07, 6.45) is 8.47. The quantitative estimate of drug-likeness (QED) is 0.844. The van der Waals surface area contributed by atoms with Gasteiger partial charge in [0.1, 0.15) is 0 Å². The van der Waals surface area contributed by atoms with E-state index >= 15 is 0 Å². The lowest BCUT2D eigenvalue weighted by molar-refractivity contribution is 0.200. The molecule has 17 heavy (non-hydrogen) atoms. The van der Waals surface area contributed by atoms with Crippen LogP contribution < -0.4 is 5.32 Å². The summed E-state index contributed by atoms with van der Waals surface area (Å²) in [5.41, 5.74) is 0.402. The van der Waals surface area contributed by atoms with Crippen LogP contribution in [0.25, 0.3) is 0 Å². The van der Waals surface area contributed by atoms with E-state index in [0.717, 1.165) is 19.4 Å². The van der Waals surface area contributed by atoms with Crippen LogP contribution in [0.15, 0.2) is 0 Å². The standard InChI is InChI=1S/C13H25NO2S/c1-13(7-3-2-4-8-13)11-14-12-6-5-9-17(15,16)10-12/h12,14H,2-11H2,1H3. The highest BCUT2D eigenvalue weighted by molar-refractivity contribution is 7.91. The van der Waals surface area contributed by atoms with Crippen LogP contribution in [-0.4, -0.2) is 32.5 Å². The van der Waals surface area contributed by atoms with Gasteiger partial charge in [0.05, 0.1) is 11.5 Å². The molecular weight excluding hydrogens is 234 g/mol. The Kier molecular flexibility index (Phi) is 4.14. The van der Waals surface area contributed by atoms with Crippen LogP contribution in [-0.2, 0) is 9.84 Å². The van der Waals surface area contributed by atoms with Crippen molar-refractivity contribution in [2.24, 2.45) is 5.41 Å². The lowest BCUT2D eigenvalue weighted by Crippen LogP contribution is -2.45. The summed E-state index contributed by atoms with van der Waals surface area (Å²) < 4.78 is 23.1. The average molecular weight is 259 g/mol. The molecule has 1 aliphatic carbocycles. The fourth-order valence-electron chi connectivity index (χ4n) is 3.16. The predicted octanol–water partition coefficient (Wildman–Crippen LogP) is 2.12. The van der Waals surface area contributed by atoms with Gasteiger partial charge < -0.3 is 5.32 Å². The van der Waals surface area contributed by atoms with Gasteiger partial charge in [-0.3, -0.25) is 0 Å². The van der Waals surface area contributed by atoms with Crippen LogP contribution in [0.1, 0.15) is 51.9 Å². The monoisotopic (exact) mass is 259 g/mol. The van der Waals surface area contributed by atoms with E-state index in [1.807, 2.05) is 0 Å². The molecule has 0 aromatic heterocycles. The fraction of sp³-hybridized carbons (Fsp3) is 1.00. The Hall–Kier alpha value is -0.0900. The molecule has 100 valence electrons. The number of rotatable bonds is 3. The lowest BCUT2D eigenvalue weighted by Gasteiger charge is -2.36. The molecular formula is C13H25NO2S. The highest BCUT2D eigenvalue weighted by Crippen LogP contribution is 2.35. The van der Waals surface area contributed by atoms with Gasteiger partial charge in [-0.15, -0.1) is 0 Å². The van der Waals surface area contributed by atoms with Gasteiger partial charge >= 0.3 is 0 Å². The molecule has 0 aromatic rings. The van der Waals surface area contributed by atoms with Gasteiger partial charge in [-0.25, -0.2) is 8.42 Å². The molecule has 3 nitrogen and oxygen atoms in total. The van der Waals surface area contributed by atoms with Crippen molar-refractivity contribution in [2.75, 3.05) is 18.1 Å². The highest BCUT2D eigenvalue weighted by atomic mass is 32.2. The van der Waals surface area contributed by atoms with E-state index < -0.39 is 9.84 Å². The van der Waals surface area contributed by atoms with Crippen LogP contribution in [0.3, 0.4) is 0 Å². The first kappa shape index (κ1) is 13.3. The van der Waals surface area contributed by atoms with Gasteiger partial charge in [-0.2, -0.15) is 0 Å². The molecule has 2 fully saturated rings. The second-order valence-corrected chi connectivity index (χ2v) is 8.43. The Balaban J connectivity index is 1.81. The Morgan fingerprint density at radius 1 is 1.18 bits per heavy atom. The van der Waals surface area contributed by atoms with E-state index in [4.69, 9.17) is 0 Å². The van der Waals surface area contributed by atoms with Gasteiger partial charge in [-0.05, 0) is 31.1 Å². The van der Waals surface area contributed by atoms with Crippen molar-refractivity contribution in [3.8, 4) is 0 Å². The van der Waals surface area contributed by atoms with E-state index in [1.165, 1.54) is 32.1 Å². The van der Waals surface area contributed by atoms with Crippen molar-refractivity contribution in [2.45, 2.75) is 57.9 Å². The first-order valence-electron chi connectivity index (χ1n) is 6.93.